The molecule has 0 aliphatic carbocycles. The van der Waals surface area contributed by atoms with Crippen LogP contribution in [0.2, 0.25) is 0 Å². The first kappa shape index (κ1) is 33.3. The molecule has 0 fully saturated rings. The van der Waals surface area contributed by atoms with Gasteiger partial charge < -0.3 is 9.80 Å². The van der Waals surface area contributed by atoms with Crippen LogP contribution in [0.25, 0.3) is 32.3 Å². The smallest absolute Gasteiger partial charge is 0.0546 e. The van der Waals surface area contributed by atoms with Gasteiger partial charge in [0, 0.05) is 33.5 Å². The number of nitrogens with zero attached hydrogens (tertiary/aromatic N) is 2. The second-order valence-electron chi connectivity index (χ2n) is 14.8. The van der Waals surface area contributed by atoms with Crippen LogP contribution in [0.4, 0.5) is 34.1 Å². The summed E-state index contributed by atoms with van der Waals surface area (Å²) in [5.74, 6) is 0. The highest BCUT2D eigenvalue weighted by molar-refractivity contribution is 6.26. The second-order valence-corrected chi connectivity index (χ2v) is 14.8. The topological polar surface area (TPSA) is 6.48 Å². The monoisotopic (exact) mass is 674 g/mol. The average Bonchev–Trinajstić information content (AvgIpc) is 3.11. The molecule has 0 unspecified atom stereocenters. The molecule has 52 heavy (non-hydrogen) atoms. The molecule has 8 aromatic carbocycles. The highest BCUT2D eigenvalue weighted by Crippen LogP contribution is 2.49. The third-order valence-corrected chi connectivity index (χ3v) is 10.7. The van der Waals surface area contributed by atoms with Gasteiger partial charge in [-0.2, -0.15) is 0 Å². The Bertz CT molecular complexity index is 2400. The largest absolute Gasteiger partial charge is 0.309 e. The first-order valence-corrected chi connectivity index (χ1v) is 18.4. The van der Waals surface area contributed by atoms with Gasteiger partial charge >= 0.3 is 0 Å². The van der Waals surface area contributed by atoms with Crippen LogP contribution in [0, 0.1) is 55.4 Å². The van der Waals surface area contributed by atoms with Crippen molar-refractivity contribution in [2.45, 2.75) is 55.4 Å². The lowest BCUT2D eigenvalue weighted by Crippen LogP contribution is -2.14. The Morgan fingerprint density at radius 2 is 0.577 bits per heavy atom. The zero-order chi connectivity index (χ0) is 36.3. The maximum absolute atomic E-state index is 2.49. The molecule has 0 radical (unpaired) electrons. The lowest BCUT2D eigenvalue weighted by Gasteiger charge is -2.32. The predicted molar refractivity (Wildman–Crippen MR) is 226 cm³/mol. The van der Waals surface area contributed by atoms with Crippen molar-refractivity contribution in [2.75, 3.05) is 9.80 Å². The lowest BCUT2D eigenvalue weighted by molar-refractivity contribution is 1.22. The van der Waals surface area contributed by atoms with Crippen molar-refractivity contribution in [3.05, 3.63) is 178 Å². The summed E-state index contributed by atoms with van der Waals surface area (Å²) in [6.07, 6.45) is 0. The Morgan fingerprint density at radius 3 is 0.865 bits per heavy atom. The van der Waals surface area contributed by atoms with E-state index in [0.29, 0.717) is 0 Å². The second kappa shape index (κ2) is 13.0. The van der Waals surface area contributed by atoms with E-state index in [1.165, 1.54) is 111 Å². The van der Waals surface area contributed by atoms with Crippen LogP contribution in [-0.2, 0) is 0 Å². The molecule has 8 rings (SSSR count). The van der Waals surface area contributed by atoms with Crippen molar-refractivity contribution >= 4 is 66.4 Å². The van der Waals surface area contributed by atoms with E-state index in [1.807, 2.05) is 0 Å². The number of hydrogen-bond donors (Lipinski definition) is 0. The summed E-state index contributed by atoms with van der Waals surface area (Å²) in [7, 11) is 0. The summed E-state index contributed by atoms with van der Waals surface area (Å²) in [6, 6.07) is 50.1. The number of benzene rings is 8. The molecule has 8 aromatic rings. The van der Waals surface area contributed by atoms with Gasteiger partial charge in [0.25, 0.3) is 0 Å². The first-order chi connectivity index (χ1) is 25.1. The molecule has 0 aliphatic rings. The Balaban J connectivity index is 1.51. The predicted octanol–water partition coefficient (Wildman–Crippen LogP) is 14.6. The van der Waals surface area contributed by atoms with Crippen molar-refractivity contribution in [1.82, 2.24) is 0 Å². The summed E-state index contributed by atoms with van der Waals surface area (Å²) < 4.78 is 0. The first-order valence-electron chi connectivity index (χ1n) is 18.4. The Hall–Kier alpha value is -5.86. The number of anilines is 6. The fraction of sp³-hybridized carbons (Fsp3) is 0.160. The number of fused-ring (bicyclic) bond motifs is 5. The molecule has 2 nitrogen and oxygen atoms in total. The van der Waals surface area contributed by atoms with Gasteiger partial charge in [0.05, 0.1) is 11.4 Å². The van der Waals surface area contributed by atoms with Crippen LogP contribution in [0.15, 0.2) is 133 Å². The van der Waals surface area contributed by atoms with Crippen LogP contribution in [0.3, 0.4) is 0 Å². The van der Waals surface area contributed by atoms with Crippen molar-refractivity contribution in [3.8, 4) is 0 Å². The van der Waals surface area contributed by atoms with Crippen LogP contribution < -0.4 is 9.80 Å². The minimum absolute atomic E-state index is 1.17. The van der Waals surface area contributed by atoms with Gasteiger partial charge in [-0.25, -0.2) is 0 Å². The van der Waals surface area contributed by atoms with Crippen LogP contribution >= 0.6 is 0 Å². The van der Waals surface area contributed by atoms with Crippen molar-refractivity contribution in [1.29, 1.82) is 0 Å². The van der Waals surface area contributed by atoms with Gasteiger partial charge in [0.1, 0.15) is 0 Å². The van der Waals surface area contributed by atoms with Gasteiger partial charge in [-0.3, -0.25) is 0 Å². The molecule has 0 saturated carbocycles. The van der Waals surface area contributed by atoms with Crippen LogP contribution in [-0.4, -0.2) is 0 Å². The quantitative estimate of drug-likeness (QED) is 0.162. The van der Waals surface area contributed by atoms with Gasteiger partial charge in [-0.1, -0.05) is 119 Å². The SMILES string of the molecule is Cc1ccc(N(c2ccc(C)cc2C)c2cc3cc(N(c4ccc(C)cc4C)c4ccc(C)cc4C)c4ccccc4c3c3ccccc23)c(C)c1. The maximum atomic E-state index is 2.49. The van der Waals surface area contributed by atoms with E-state index >= 15 is 0 Å². The van der Waals surface area contributed by atoms with E-state index in [-0.39, 0.29) is 0 Å². The van der Waals surface area contributed by atoms with Gasteiger partial charge in [0.2, 0.25) is 0 Å². The molecule has 0 atom stereocenters. The van der Waals surface area contributed by atoms with Crippen LogP contribution in [0.5, 0.6) is 0 Å². The van der Waals surface area contributed by atoms with E-state index < -0.39 is 0 Å². The van der Waals surface area contributed by atoms with E-state index in [1.54, 1.807) is 0 Å². The number of hydrogen-bond acceptors (Lipinski definition) is 2. The molecule has 0 amide bonds. The third-order valence-electron chi connectivity index (χ3n) is 10.7. The molecule has 0 spiro atoms. The Morgan fingerprint density at radius 1 is 0.288 bits per heavy atom. The molecule has 0 N–H and O–H groups in total. The molecular formula is C50H46N2. The Labute approximate surface area is 308 Å². The summed E-state index contributed by atoms with van der Waals surface area (Å²) in [6.45, 7) is 17.6. The highest BCUT2D eigenvalue weighted by Gasteiger charge is 2.24. The fourth-order valence-corrected chi connectivity index (χ4v) is 8.31. The minimum Gasteiger partial charge on any atom is -0.309 e. The van der Waals surface area contributed by atoms with Gasteiger partial charge in [0.15, 0.2) is 0 Å². The zero-order valence-electron chi connectivity index (χ0n) is 31.6. The molecule has 0 bridgehead atoms. The fourth-order valence-electron chi connectivity index (χ4n) is 8.31. The number of rotatable bonds is 6. The zero-order valence-corrected chi connectivity index (χ0v) is 31.6. The van der Waals surface area contributed by atoms with Crippen molar-refractivity contribution in [2.24, 2.45) is 0 Å². The summed E-state index contributed by atoms with van der Waals surface area (Å²) >= 11 is 0. The Kier molecular flexibility index (Phi) is 8.35. The standard InChI is InChI=1S/C50H46N2/c1-31-17-21-44(35(5)25-31)51(45-22-18-32(2)26-36(45)6)48-29-39-30-49(41-14-10-12-16-43(41)50(39)42-15-11-9-13-40(42)48)52(46-23-19-33(3)27-37(46)7)47-24-20-34(4)28-38(47)8/h9-30H,1-8H3. The molecule has 0 saturated heterocycles. The maximum Gasteiger partial charge on any atom is 0.0546 e. The van der Waals surface area contributed by atoms with E-state index in [9.17, 15) is 0 Å². The normalized spacial score (nSPS) is 11.5. The summed E-state index contributed by atoms with van der Waals surface area (Å²) in [4.78, 5) is 4.98. The lowest BCUT2D eigenvalue weighted by atomic mass is 9.92. The van der Waals surface area contributed by atoms with Crippen LogP contribution in [0.1, 0.15) is 44.5 Å². The third kappa shape index (κ3) is 5.69. The van der Waals surface area contributed by atoms with Gasteiger partial charge in [-0.15, -0.1) is 0 Å². The minimum atomic E-state index is 1.17. The van der Waals surface area contributed by atoms with Gasteiger partial charge in [-0.05, 0) is 136 Å². The summed E-state index contributed by atoms with van der Waals surface area (Å²) in [5.41, 5.74) is 17.2. The van der Waals surface area contributed by atoms with E-state index in [2.05, 4.69) is 199 Å². The molecular weight excluding hydrogens is 629 g/mol. The molecule has 0 heterocycles. The van der Waals surface area contributed by atoms with E-state index in [0.717, 1.165) is 0 Å². The van der Waals surface area contributed by atoms with Crippen molar-refractivity contribution < 1.29 is 0 Å². The van der Waals surface area contributed by atoms with E-state index in [4.69, 9.17) is 0 Å². The summed E-state index contributed by atoms with van der Waals surface area (Å²) in [5, 5.41) is 7.45. The number of aryl methyl sites for hydroxylation is 8. The molecule has 0 aromatic heterocycles. The average molecular weight is 675 g/mol. The molecule has 256 valence electrons. The highest BCUT2D eigenvalue weighted by atomic mass is 15.2. The van der Waals surface area contributed by atoms with Crippen molar-refractivity contribution in [3.63, 3.8) is 0 Å². The molecule has 2 heteroatoms. The molecule has 0 aliphatic heterocycles.